The number of aromatic nitrogens is 1. The van der Waals surface area contributed by atoms with E-state index in [9.17, 15) is 9.18 Å². The summed E-state index contributed by atoms with van der Waals surface area (Å²) in [5, 5.41) is 2.77. The second-order valence-electron chi connectivity index (χ2n) is 8.00. The number of morpholine rings is 1. The van der Waals surface area contributed by atoms with E-state index in [2.05, 4.69) is 9.88 Å². The van der Waals surface area contributed by atoms with E-state index in [1.807, 2.05) is 36.6 Å². The Morgan fingerprint density at radius 3 is 2.82 bits per heavy atom. The first kappa shape index (κ1) is 23.4. The monoisotopic (exact) mass is 469 g/mol. The summed E-state index contributed by atoms with van der Waals surface area (Å²) in [7, 11) is 0. The van der Waals surface area contributed by atoms with E-state index >= 15 is 0 Å². The molecule has 2 aromatic carbocycles. The smallest absolute Gasteiger partial charge is 0.257 e. The Labute approximate surface area is 197 Å². The maximum atomic E-state index is 14.3. The van der Waals surface area contributed by atoms with E-state index in [0.717, 1.165) is 35.1 Å². The van der Waals surface area contributed by atoms with Crippen molar-refractivity contribution in [2.75, 3.05) is 39.4 Å². The Morgan fingerprint density at radius 2 is 2.03 bits per heavy atom. The second-order valence-corrected chi connectivity index (χ2v) is 8.94. The lowest BCUT2D eigenvalue weighted by Gasteiger charge is -2.30. The summed E-state index contributed by atoms with van der Waals surface area (Å²) in [6, 6.07) is 14.0. The van der Waals surface area contributed by atoms with Gasteiger partial charge < -0.3 is 14.4 Å². The normalized spacial score (nSPS) is 14.2. The van der Waals surface area contributed by atoms with Crippen LogP contribution in [-0.2, 0) is 17.9 Å². The van der Waals surface area contributed by atoms with Gasteiger partial charge in [0.2, 0.25) is 0 Å². The predicted molar refractivity (Wildman–Crippen MR) is 126 cm³/mol. The van der Waals surface area contributed by atoms with Crippen LogP contribution in [0.4, 0.5) is 4.39 Å². The van der Waals surface area contributed by atoms with Gasteiger partial charge in [0.05, 0.1) is 31.0 Å². The fourth-order valence-electron chi connectivity index (χ4n) is 3.68. The van der Waals surface area contributed by atoms with Crippen molar-refractivity contribution in [2.45, 2.75) is 20.1 Å². The molecule has 174 valence electrons. The third kappa shape index (κ3) is 6.60. The van der Waals surface area contributed by atoms with Crippen LogP contribution in [0.5, 0.6) is 5.75 Å². The van der Waals surface area contributed by atoms with E-state index in [-0.39, 0.29) is 11.5 Å². The molecule has 8 heteroatoms. The number of carbonyl (C=O) groups is 1. The Hall–Kier alpha value is -2.81. The number of ether oxygens (including phenoxy) is 2. The predicted octanol–water partition coefficient (Wildman–Crippen LogP) is 4.14. The molecule has 33 heavy (non-hydrogen) atoms. The van der Waals surface area contributed by atoms with E-state index < -0.39 is 5.82 Å². The van der Waals surface area contributed by atoms with Crippen LogP contribution < -0.4 is 4.74 Å². The van der Waals surface area contributed by atoms with Gasteiger partial charge >= 0.3 is 0 Å². The van der Waals surface area contributed by atoms with Crippen molar-refractivity contribution in [3.8, 4) is 5.75 Å². The van der Waals surface area contributed by atoms with Gasteiger partial charge in [-0.05, 0) is 36.8 Å². The number of hydrogen-bond donors (Lipinski definition) is 0. The molecule has 0 saturated carbocycles. The largest absolute Gasteiger partial charge is 0.486 e. The van der Waals surface area contributed by atoms with Crippen LogP contribution in [0.2, 0.25) is 0 Å². The van der Waals surface area contributed by atoms with Crippen molar-refractivity contribution >= 4 is 17.2 Å². The van der Waals surface area contributed by atoms with E-state index in [1.165, 1.54) is 23.5 Å². The summed E-state index contributed by atoms with van der Waals surface area (Å²) in [6.45, 7) is 6.94. The third-order valence-electron chi connectivity index (χ3n) is 5.49. The minimum atomic E-state index is -0.510. The number of carbonyl (C=O) groups excluding carboxylic acids is 1. The molecule has 4 rings (SSSR count). The molecule has 1 amide bonds. The fraction of sp³-hybridized carbons (Fsp3) is 0.360. The summed E-state index contributed by atoms with van der Waals surface area (Å²) in [6.07, 6.45) is 0. The lowest BCUT2D eigenvalue weighted by atomic mass is 10.1. The summed E-state index contributed by atoms with van der Waals surface area (Å²) >= 11 is 1.50. The van der Waals surface area contributed by atoms with Gasteiger partial charge in [0.1, 0.15) is 23.2 Å². The van der Waals surface area contributed by atoms with Crippen LogP contribution in [0.25, 0.3) is 0 Å². The maximum absolute atomic E-state index is 14.3. The summed E-state index contributed by atoms with van der Waals surface area (Å²) in [5.74, 6) is -0.0371. The average Bonchev–Trinajstić information content (AvgIpc) is 3.28. The average molecular weight is 470 g/mol. The Bertz CT molecular complexity index is 1070. The molecule has 2 heterocycles. The van der Waals surface area contributed by atoms with Gasteiger partial charge in [-0.1, -0.05) is 24.3 Å². The molecule has 0 aliphatic carbocycles. The molecule has 0 unspecified atom stereocenters. The quantitative estimate of drug-likeness (QED) is 0.471. The molecule has 3 aromatic rings. The highest BCUT2D eigenvalue weighted by molar-refractivity contribution is 7.09. The van der Waals surface area contributed by atoms with Crippen LogP contribution in [0.3, 0.4) is 0 Å². The summed E-state index contributed by atoms with van der Waals surface area (Å²) in [5.41, 5.74) is 1.99. The Morgan fingerprint density at radius 1 is 1.21 bits per heavy atom. The number of hydrogen-bond acceptors (Lipinski definition) is 6. The number of rotatable bonds is 9. The zero-order valence-electron chi connectivity index (χ0n) is 18.7. The zero-order chi connectivity index (χ0) is 23.0. The SMILES string of the molecule is Cc1cccc(OCc2nc(CN(CCN3CCOCC3)C(=O)c3ccccc3F)cs2)c1. The van der Waals surface area contributed by atoms with Crippen molar-refractivity contribution in [1.82, 2.24) is 14.8 Å². The van der Waals surface area contributed by atoms with Crippen molar-refractivity contribution in [3.05, 3.63) is 81.6 Å². The molecule has 0 N–H and O–H groups in total. The first-order valence-electron chi connectivity index (χ1n) is 11.0. The maximum Gasteiger partial charge on any atom is 0.257 e. The van der Waals surface area contributed by atoms with Gasteiger partial charge in [-0.25, -0.2) is 9.37 Å². The third-order valence-corrected chi connectivity index (χ3v) is 6.36. The van der Waals surface area contributed by atoms with Crippen LogP contribution in [-0.4, -0.2) is 60.1 Å². The molecule has 6 nitrogen and oxygen atoms in total. The molecule has 0 radical (unpaired) electrons. The highest BCUT2D eigenvalue weighted by Gasteiger charge is 2.22. The lowest BCUT2D eigenvalue weighted by Crippen LogP contribution is -2.43. The number of nitrogens with zero attached hydrogens (tertiary/aromatic N) is 3. The number of halogens is 1. The first-order valence-corrected chi connectivity index (χ1v) is 11.9. The van der Waals surface area contributed by atoms with Gasteiger partial charge in [0.25, 0.3) is 5.91 Å². The number of amides is 1. The number of benzene rings is 2. The summed E-state index contributed by atoms with van der Waals surface area (Å²) < 4.78 is 25.6. The van der Waals surface area contributed by atoms with Gasteiger partial charge in [0, 0.05) is 31.6 Å². The highest BCUT2D eigenvalue weighted by atomic mass is 32.1. The molecule has 0 spiro atoms. The van der Waals surface area contributed by atoms with Crippen LogP contribution in [0, 0.1) is 12.7 Å². The van der Waals surface area contributed by atoms with Crippen LogP contribution in [0.1, 0.15) is 26.6 Å². The molecule has 1 fully saturated rings. The Balaban J connectivity index is 1.42. The van der Waals surface area contributed by atoms with Crippen LogP contribution in [0.15, 0.2) is 53.9 Å². The topological polar surface area (TPSA) is 54.9 Å². The zero-order valence-corrected chi connectivity index (χ0v) is 19.5. The molecular weight excluding hydrogens is 441 g/mol. The van der Waals surface area contributed by atoms with Gasteiger partial charge in [0.15, 0.2) is 0 Å². The van der Waals surface area contributed by atoms with Crippen LogP contribution >= 0.6 is 11.3 Å². The van der Waals surface area contributed by atoms with Gasteiger partial charge in [-0.3, -0.25) is 9.69 Å². The molecule has 0 atom stereocenters. The van der Waals surface area contributed by atoms with Gasteiger partial charge in [-0.15, -0.1) is 11.3 Å². The van der Waals surface area contributed by atoms with Gasteiger partial charge in [-0.2, -0.15) is 0 Å². The molecule has 0 bridgehead atoms. The molecule has 1 saturated heterocycles. The first-order chi connectivity index (χ1) is 16.1. The van der Waals surface area contributed by atoms with Crippen molar-refractivity contribution in [1.29, 1.82) is 0 Å². The standard InChI is InChI=1S/C25H28FN3O3S/c1-19-5-4-6-21(15-19)32-17-24-27-20(18-33-24)16-29(10-9-28-11-13-31-14-12-28)25(30)22-7-2-3-8-23(22)26/h2-8,15,18H,9-14,16-17H2,1H3. The molecular formula is C25H28FN3O3S. The highest BCUT2D eigenvalue weighted by Crippen LogP contribution is 2.19. The minimum Gasteiger partial charge on any atom is -0.486 e. The van der Waals surface area contributed by atoms with E-state index in [0.29, 0.717) is 39.5 Å². The van der Waals surface area contributed by atoms with E-state index in [1.54, 1.807) is 17.0 Å². The molecule has 1 aromatic heterocycles. The summed E-state index contributed by atoms with van der Waals surface area (Å²) in [4.78, 5) is 21.8. The number of aryl methyl sites for hydroxylation is 1. The minimum absolute atomic E-state index is 0.0812. The number of thiazole rings is 1. The van der Waals surface area contributed by atoms with E-state index in [4.69, 9.17) is 9.47 Å². The second kappa shape index (κ2) is 11.4. The Kier molecular flexibility index (Phi) is 8.04. The van der Waals surface area contributed by atoms with Crippen molar-refractivity contribution in [2.24, 2.45) is 0 Å². The lowest BCUT2D eigenvalue weighted by molar-refractivity contribution is 0.0319. The molecule has 1 aliphatic rings. The van der Waals surface area contributed by atoms with Crippen molar-refractivity contribution < 1.29 is 18.7 Å². The molecule has 1 aliphatic heterocycles. The van der Waals surface area contributed by atoms with Crippen molar-refractivity contribution in [3.63, 3.8) is 0 Å². The fourth-order valence-corrected chi connectivity index (χ4v) is 4.37.